The van der Waals surface area contributed by atoms with E-state index in [1.807, 2.05) is 20.8 Å². The quantitative estimate of drug-likeness (QED) is 0.617. The lowest BCUT2D eigenvalue weighted by molar-refractivity contribution is -0.156. The lowest BCUT2D eigenvalue weighted by atomic mass is 9.80. The molecule has 0 radical (unpaired) electrons. The van der Waals surface area contributed by atoms with Crippen molar-refractivity contribution < 1.29 is 14.3 Å². The fourth-order valence-electron chi connectivity index (χ4n) is 1.98. The van der Waals surface area contributed by atoms with Crippen molar-refractivity contribution in [3.05, 3.63) is 12.2 Å². The summed E-state index contributed by atoms with van der Waals surface area (Å²) in [7, 11) is 1.78. The van der Waals surface area contributed by atoms with Gasteiger partial charge in [-0.05, 0) is 12.3 Å². The number of aromatic nitrogens is 3. The maximum Gasteiger partial charge on any atom is 0.319 e. The number of hydrogen-bond acceptors (Lipinski definition) is 5. The van der Waals surface area contributed by atoms with E-state index in [9.17, 15) is 9.59 Å². The first-order valence-corrected chi connectivity index (χ1v) is 7.04. The van der Waals surface area contributed by atoms with Crippen LogP contribution in [0.2, 0.25) is 0 Å². The molecule has 118 valence electrons. The van der Waals surface area contributed by atoms with Crippen molar-refractivity contribution in [1.82, 2.24) is 20.1 Å². The third-order valence-electron chi connectivity index (χ3n) is 2.95. The summed E-state index contributed by atoms with van der Waals surface area (Å²) in [5, 5.41) is 6.89. The van der Waals surface area contributed by atoms with Gasteiger partial charge in [0, 0.05) is 20.0 Å². The predicted molar refractivity (Wildman–Crippen MR) is 77.3 cm³/mol. The number of aryl methyl sites for hydroxylation is 1. The molecule has 0 aliphatic carbocycles. The van der Waals surface area contributed by atoms with E-state index in [0.717, 1.165) is 0 Å². The number of nitrogens with one attached hydrogen (secondary N) is 1. The minimum atomic E-state index is -0.825. The van der Waals surface area contributed by atoms with Crippen LogP contribution in [0.3, 0.4) is 0 Å². The fourth-order valence-corrected chi connectivity index (χ4v) is 1.98. The van der Waals surface area contributed by atoms with Crippen LogP contribution in [0.4, 0.5) is 0 Å². The molecule has 0 bridgehead atoms. The van der Waals surface area contributed by atoms with Gasteiger partial charge in [-0.2, -0.15) is 5.10 Å². The summed E-state index contributed by atoms with van der Waals surface area (Å²) in [5.41, 5.74) is -0.500. The van der Waals surface area contributed by atoms with Crippen LogP contribution < -0.4 is 5.32 Å². The summed E-state index contributed by atoms with van der Waals surface area (Å²) in [6.45, 7) is 7.89. The molecule has 0 saturated carbocycles. The van der Waals surface area contributed by atoms with E-state index >= 15 is 0 Å². The zero-order valence-corrected chi connectivity index (χ0v) is 13.3. The van der Waals surface area contributed by atoms with E-state index in [1.165, 1.54) is 0 Å². The number of carbonyl (C=O) groups is 2. The molecule has 1 atom stereocenters. The smallest absolute Gasteiger partial charge is 0.319 e. The van der Waals surface area contributed by atoms with Crippen LogP contribution in [0, 0.1) is 11.3 Å². The number of esters is 1. The number of ether oxygens (including phenoxy) is 1. The van der Waals surface area contributed by atoms with Gasteiger partial charge in [0.05, 0.1) is 6.61 Å². The molecule has 7 nitrogen and oxygen atoms in total. The largest absolute Gasteiger partial charge is 0.465 e. The number of carbonyl (C=O) groups excluding carboxylic acids is 2. The van der Waals surface area contributed by atoms with Crippen molar-refractivity contribution in [2.24, 2.45) is 18.4 Å². The third kappa shape index (κ3) is 5.17. The van der Waals surface area contributed by atoms with Gasteiger partial charge in [-0.1, -0.05) is 20.8 Å². The second-order valence-corrected chi connectivity index (χ2v) is 5.93. The Labute approximate surface area is 125 Å². The van der Waals surface area contributed by atoms with Gasteiger partial charge in [-0.3, -0.25) is 14.3 Å². The monoisotopic (exact) mass is 296 g/mol. The first-order valence-electron chi connectivity index (χ1n) is 7.04. The first-order chi connectivity index (χ1) is 9.75. The molecule has 0 aliphatic rings. The number of nitrogens with zero attached hydrogens (tertiary/aromatic N) is 3. The Kier molecular flexibility index (Phi) is 5.87. The summed E-state index contributed by atoms with van der Waals surface area (Å²) in [4.78, 5) is 28.3. The van der Waals surface area contributed by atoms with Gasteiger partial charge >= 0.3 is 5.97 Å². The van der Waals surface area contributed by atoms with Crippen LogP contribution in [-0.2, 0) is 27.8 Å². The number of rotatable bonds is 6. The molecule has 0 fully saturated rings. The zero-order valence-electron chi connectivity index (χ0n) is 13.3. The van der Waals surface area contributed by atoms with E-state index in [0.29, 0.717) is 18.8 Å². The molecule has 0 saturated heterocycles. The molecule has 21 heavy (non-hydrogen) atoms. The Hall–Kier alpha value is -1.92. The van der Waals surface area contributed by atoms with Crippen molar-refractivity contribution in [2.75, 3.05) is 13.2 Å². The SMILES string of the molecule is CCOC(=O)C(C(=O)NCCc1ncn(C)n1)C(C)(C)C. The van der Waals surface area contributed by atoms with Crippen LogP contribution >= 0.6 is 0 Å². The van der Waals surface area contributed by atoms with Crippen LogP contribution in [0.1, 0.15) is 33.5 Å². The van der Waals surface area contributed by atoms with Gasteiger partial charge in [0.25, 0.3) is 0 Å². The van der Waals surface area contributed by atoms with Crippen molar-refractivity contribution >= 4 is 11.9 Å². The van der Waals surface area contributed by atoms with Crippen LogP contribution in [0.15, 0.2) is 6.33 Å². The van der Waals surface area contributed by atoms with Gasteiger partial charge in [0.15, 0.2) is 5.82 Å². The van der Waals surface area contributed by atoms with Crippen LogP contribution in [-0.4, -0.2) is 39.8 Å². The van der Waals surface area contributed by atoms with Crippen molar-refractivity contribution in [3.8, 4) is 0 Å². The second-order valence-electron chi connectivity index (χ2n) is 5.93. The molecule has 1 rings (SSSR count). The molecular formula is C14H24N4O3. The Balaban J connectivity index is 2.58. The summed E-state index contributed by atoms with van der Waals surface area (Å²) >= 11 is 0. The molecule has 1 N–H and O–H groups in total. The first kappa shape index (κ1) is 17.1. The molecule has 0 aromatic carbocycles. The fraction of sp³-hybridized carbons (Fsp3) is 0.714. The van der Waals surface area contributed by atoms with Gasteiger partial charge in [0.2, 0.25) is 5.91 Å². The average molecular weight is 296 g/mol. The number of amides is 1. The van der Waals surface area contributed by atoms with Crippen molar-refractivity contribution in [3.63, 3.8) is 0 Å². The van der Waals surface area contributed by atoms with E-state index in [1.54, 1.807) is 25.0 Å². The normalized spacial score (nSPS) is 12.8. The Morgan fingerprint density at radius 3 is 2.57 bits per heavy atom. The summed E-state index contributed by atoms with van der Waals surface area (Å²) in [6.07, 6.45) is 2.12. The highest BCUT2D eigenvalue weighted by molar-refractivity contribution is 5.98. The molecule has 0 aliphatic heterocycles. The highest BCUT2D eigenvalue weighted by atomic mass is 16.5. The van der Waals surface area contributed by atoms with E-state index in [4.69, 9.17) is 4.74 Å². The molecule has 1 heterocycles. The van der Waals surface area contributed by atoms with Crippen LogP contribution in [0.25, 0.3) is 0 Å². The molecule has 7 heteroatoms. The lowest BCUT2D eigenvalue weighted by Crippen LogP contribution is -2.44. The highest BCUT2D eigenvalue weighted by Crippen LogP contribution is 2.27. The van der Waals surface area contributed by atoms with Gasteiger partial charge in [-0.25, -0.2) is 4.98 Å². The third-order valence-corrected chi connectivity index (χ3v) is 2.95. The second kappa shape index (κ2) is 7.19. The molecular weight excluding hydrogens is 272 g/mol. The average Bonchev–Trinajstić information content (AvgIpc) is 2.73. The van der Waals surface area contributed by atoms with E-state index in [2.05, 4.69) is 15.4 Å². The van der Waals surface area contributed by atoms with E-state index in [-0.39, 0.29) is 12.5 Å². The molecule has 1 unspecified atom stereocenters. The van der Waals surface area contributed by atoms with E-state index < -0.39 is 17.3 Å². The Morgan fingerprint density at radius 1 is 1.43 bits per heavy atom. The number of hydrogen-bond donors (Lipinski definition) is 1. The van der Waals surface area contributed by atoms with Crippen molar-refractivity contribution in [2.45, 2.75) is 34.1 Å². The Morgan fingerprint density at radius 2 is 2.10 bits per heavy atom. The van der Waals surface area contributed by atoms with Gasteiger partial charge in [0.1, 0.15) is 12.2 Å². The zero-order chi connectivity index (χ0) is 16.0. The topological polar surface area (TPSA) is 86.1 Å². The van der Waals surface area contributed by atoms with Crippen molar-refractivity contribution in [1.29, 1.82) is 0 Å². The summed E-state index contributed by atoms with van der Waals surface area (Å²) in [6, 6.07) is 0. The standard InChI is InChI=1S/C14H24N4O3/c1-6-21-13(20)11(14(2,3)4)12(19)15-8-7-10-16-9-18(5)17-10/h9,11H,6-8H2,1-5H3,(H,15,19). The maximum absolute atomic E-state index is 12.2. The molecule has 1 aromatic heterocycles. The van der Waals surface area contributed by atoms with Gasteiger partial charge in [-0.15, -0.1) is 0 Å². The molecule has 1 aromatic rings. The Bertz CT molecular complexity index is 491. The minimum Gasteiger partial charge on any atom is -0.465 e. The molecule has 0 spiro atoms. The summed E-state index contributed by atoms with van der Waals surface area (Å²) in [5.74, 6) is -0.981. The maximum atomic E-state index is 12.2. The minimum absolute atomic E-state index is 0.260. The predicted octanol–water partition coefficient (Wildman–Crippen LogP) is 0.699. The summed E-state index contributed by atoms with van der Waals surface area (Å²) < 4.78 is 6.60. The van der Waals surface area contributed by atoms with Crippen LogP contribution in [0.5, 0.6) is 0 Å². The highest BCUT2D eigenvalue weighted by Gasteiger charge is 2.38. The lowest BCUT2D eigenvalue weighted by Gasteiger charge is -2.27. The molecule has 1 amide bonds. The van der Waals surface area contributed by atoms with Gasteiger partial charge < -0.3 is 10.1 Å².